The molecule has 0 radical (unpaired) electrons. The summed E-state index contributed by atoms with van der Waals surface area (Å²) in [5.41, 5.74) is 11.8. The van der Waals surface area contributed by atoms with Crippen LogP contribution in [0.25, 0.3) is 16.7 Å². The summed E-state index contributed by atoms with van der Waals surface area (Å²) in [6.07, 6.45) is 5.26. The number of hydrogen-bond acceptors (Lipinski definition) is 5. The standard InChI is InChI=1S/C19H21N5O/c1-10-9-24(14-6-19(3,4)7-15(25)16(10)14)12-5-13-17(21-8-12)11(2)22-18(20)23-13/h5,8-9H,6-7H2,1-4H3,(H2,20,22,23). The number of carbonyl (C=O) groups is 1. The first-order chi connectivity index (χ1) is 11.7. The number of nitrogens with zero attached hydrogens (tertiary/aromatic N) is 4. The molecule has 1 aliphatic carbocycles. The zero-order chi connectivity index (χ0) is 17.9. The number of Topliss-reactive ketones (excluding diaryl/α,β-unsaturated/α-hetero) is 1. The van der Waals surface area contributed by atoms with Gasteiger partial charge < -0.3 is 10.3 Å². The molecule has 0 aromatic carbocycles. The van der Waals surface area contributed by atoms with E-state index in [1.165, 1.54) is 0 Å². The summed E-state index contributed by atoms with van der Waals surface area (Å²) in [5.74, 6) is 0.463. The van der Waals surface area contributed by atoms with Crippen molar-refractivity contribution in [2.75, 3.05) is 5.73 Å². The monoisotopic (exact) mass is 335 g/mol. The molecular weight excluding hydrogens is 314 g/mol. The van der Waals surface area contributed by atoms with Gasteiger partial charge in [-0.2, -0.15) is 0 Å². The van der Waals surface area contributed by atoms with E-state index in [1.807, 2.05) is 26.1 Å². The van der Waals surface area contributed by atoms with Crippen molar-refractivity contribution in [2.24, 2.45) is 5.41 Å². The van der Waals surface area contributed by atoms with Crippen LogP contribution in [-0.2, 0) is 6.42 Å². The molecule has 6 nitrogen and oxygen atoms in total. The van der Waals surface area contributed by atoms with Gasteiger partial charge in [0.25, 0.3) is 0 Å². The molecule has 0 aliphatic heterocycles. The largest absolute Gasteiger partial charge is 0.368 e. The van der Waals surface area contributed by atoms with Crippen molar-refractivity contribution >= 4 is 22.8 Å². The average Bonchev–Trinajstić information content (AvgIpc) is 2.81. The van der Waals surface area contributed by atoms with Gasteiger partial charge in [-0.15, -0.1) is 0 Å². The fourth-order valence-corrected chi connectivity index (χ4v) is 3.82. The van der Waals surface area contributed by atoms with E-state index in [0.717, 1.165) is 40.1 Å². The number of rotatable bonds is 1. The molecule has 0 saturated heterocycles. The van der Waals surface area contributed by atoms with Gasteiger partial charge in [0.2, 0.25) is 5.95 Å². The number of fused-ring (bicyclic) bond motifs is 2. The summed E-state index contributed by atoms with van der Waals surface area (Å²) in [5, 5.41) is 0. The van der Waals surface area contributed by atoms with Crippen molar-refractivity contribution in [2.45, 2.75) is 40.5 Å². The van der Waals surface area contributed by atoms with Crippen molar-refractivity contribution in [1.82, 2.24) is 19.5 Å². The zero-order valence-corrected chi connectivity index (χ0v) is 14.9. The summed E-state index contributed by atoms with van der Waals surface area (Å²) >= 11 is 0. The molecule has 0 unspecified atom stereocenters. The number of aryl methyl sites for hydroxylation is 2. The maximum absolute atomic E-state index is 12.6. The van der Waals surface area contributed by atoms with Gasteiger partial charge in [0.05, 0.1) is 23.1 Å². The van der Waals surface area contributed by atoms with E-state index in [1.54, 1.807) is 6.20 Å². The first-order valence-electron chi connectivity index (χ1n) is 8.39. The SMILES string of the molecule is Cc1cn(-c2cnc3c(C)nc(N)nc3c2)c2c1C(=O)CC(C)(C)C2. The molecule has 3 heterocycles. The number of pyridine rings is 1. The van der Waals surface area contributed by atoms with Crippen LogP contribution in [0.2, 0.25) is 0 Å². The summed E-state index contributed by atoms with van der Waals surface area (Å²) in [7, 11) is 0. The minimum atomic E-state index is -0.0416. The topological polar surface area (TPSA) is 86.7 Å². The Labute approximate surface area is 146 Å². The second-order valence-electron chi connectivity index (χ2n) is 7.67. The van der Waals surface area contributed by atoms with Crippen molar-refractivity contribution in [3.63, 3.8) is 0 Å². The normalized spacial score (nSPS) is 16.2. The Kier molecular flexibility index (Phi) is 3.22. The van der Waals surface area contributed by atoms with Crippen LogP contribution in [0.4, 0.5) is 5.95 Å². The number of nitrogen functional groups attached to an aromatic ring is 1. The van der Waals surface area contributed by atoms with Crippen molar-refractivity contribution in [3.8, 4) is 5.69 Å². The highest BCUT2D eigenvalue weighted by Gasteiger charge is 2.34. The Morgan fingerprint density at radius 3 is 2.72 bits per heavy atom. The minimum absolute atomic E-state index is 0.0416. The van der Waals surface area contributed by atoms with Gasteiger partial charge in [-0.3, -0.25) is 9.78 Å². The van der Waals surface area contributed by atoms with Crippen LogP contribution in [0.5, 0.6) is 0 Å². The lowest BCUT2D eigenvalue weighted by atomic mass is 9.75. The Hall–Kier alpha value is -2.76. The highest BCUT2D eigenvalue weighted by molar-refractivity contribution is 6.00. The molecule has 0 bridgehead atoms. The summed E-state index contributed by atoms with van der Waals surface area (Å²) in [6, 6.07) is 1.96. The molecule has 0 amide bonds. The minimum Gasteiger partial charge on any atom is -0.368 e. The van der Waals surface area contributed by atoms with E-state index in [2.05, 4.69) is 33.4 Å². The van der Waals surface area contributed by atoms with Gasteiger partial charge >= 0.3 is 0 Å². The fourth-order valence-electron chi connectivity index (χ4n) is 3.82. The predicted octanol–water partition coefficient (Wildman–Crippen LogP) is 3.17. The molecular formula is C19H21N5O. The fraction of sp³-hybridized carbons (Fsp3) is 0.368. The maximum Gasteiger partial charge on any atom is 0.220 e. The number of carbonyl (C=O) groups excluding carboxylic acids is 1. The van der Waals surface area contributed by atoms with E-state index < -0.39 is 0 Å². The molecule has 128 valence electrons. The van der Waals surface area contributed by atoms with Crippen LogP contribution in [0.3, 0.4) is 0 Å². The van der Waals surface area contributed by atoms with Crippen molar-refractivity contribution in [3.05, 3.63) is 41.0 Å². The number of aromatic nitrogens is 4. The molecule has 25 heavy (non-hydrogen) atoms. The Bertz CT molecular complexity index is 1030. The maximum atomic E-state index is 12.6. The van der Waals surface area contributed by atoms with Crippen molar-refractivity contribution in [1.29, 1.82) is 0 Å². The van der Waals surface area contributed by atoms with Gasteiger partial charge in [-0.1, -0.05) is 13.8 Å². The Morgan fingerprint density at radius 2 is 1.96 bits per heavy atom. The highest BCUT2D eigenvalue weighted by atomic mass is 16.1. The molecule has 4 rings (SSSR count). The summed E-state index contributed by atoms with van der Waals surface area (Å²) < 4.78 is 2.07. The number of ketones is 1. The highest BCUT2D eigenvalue weighted by Crippen LogP contribution is 2.38. The van der Waals surface area contributed by atoms with Gasteiger partial charge in [0, 0.05) is 23.9 Å². The van der Waals surface area contributed by atoms with E-state index >= 15 is 0 Å². The molecule has 0 atom stereocenters. The van der Waals surface area contributed by atoms with Gasteiger partial charge in [0.1, 0.15) is 5.52 Å². The molecule has 2 N–H and O–H groups in total. The third-order valence-corrected chi connectivity index (χ3v) is 4.85. The molecule has 3 aromatic rings. The third-order valence-electron chi connectivity index (χ3n) is 4.85. The second-order valence-corrected chi connectivity index (χ2v) is 7.67. The first kappa shape index (κ1) is 15.7. The average molecular weight is 335 g/mol. The van der Waals surface area contributed by atoms with Crippen LogP contribution in [-0.4, -0.2) is 25.3 Å². The number of anilines is 1. The number of nitrogens with two attached hydrogens (primary N) is 1. The zero-order valence-electron chi connectivity index (χ0n) is 14.9. The molecule has 0 saturated carbocycles. The van der Waals surface area contributed by atoms with E-state index in [4.69, 9.17) is 5.73 Å². The summed E-state index contributed by atoms with van der Waals surface area (Å²) in [6.45, 7) is 8.13. The Balaban J connectivity index is 1.93. The molecule has 0 spiro atoms. The lowest BCUT2D eigenvalue weighted by molar-refractivity contribution is 0.0910. The second kappa shape index (κ2) is 5.12. The molecule has 1 aliphatic rings. The van der Waals surface area contributed by atoms with Crippen LogP contribution >= 0.6 is 0 Å². The van der Waals surface area contributed by atoms with Crippen LogP contribution < -0.4 is 5.73 Å². The van der Waals surface area contributed by atoms with Crippen LogP contribution in [0, 0.1) is 19.3 Å². The molecule has 6 heteroatoms. The van der Waals surface area contributed by atoms with E-state index in [-0.39, 0.29) is 17.1 Å². The van der Waals surface area contributed by atoms with Crippen LogP contribution in [0.1, 0.15) is 47.6 Å². The Morgan fingerprint density at radius 1 is 1.20 bits per heavy atom. The lowest BCUT2D eigenvalue weighted by Crippen LogP contribution is -2.28. The van der Waals surface area contributed by atoms with Gasteiger partial charge in [0.15, 0.2) is 5.78 Å². The third kappa shape index (κ3) is 2.49. The lowest BCUT2D eigenvalue weighted by Gasteiger charge is -2.30. The van der Waals surface area contributed by atoms with Gasteiger partial charge in [-0.25, -0.2) is 9.97 Å². The summed E-state index contributed by atoms with van der Waals surface area (Å²) in [4.78, 5) is 25.6. The van der Waals surface area contributed by atoms with E-state index in [0.29, 0.717) is 11.9 Å². The molecule has 0 fully saturated rings. The molecule has 3 aromatic heterocycles. The van der Waals surface area contributed by atoms with E-state index in [9.17, 15) is 4.79 Å². The quantitative estimate of drug-likeness (QED) is 0.738. The predicted molar refractivity (Wildman–Crippen MR) is 97.0 cm³/mol. The smallest absolute Gasteiger partial charge is 0.220 e. The number of hydrogen-bond donors (Lipinski definition) is 1. The first-order valence-corrected chi connectivity index (χ1v) is 8.39. The van der Waals surface area contributed by atoms with Crippen molar-refractivity contribution < 1.29 is 4.79 Å². The van der Waals surface area contributed by atoms with Gasteiger partial charge in [-0.05, 0) is 37.3 Å². The van der Waals surface area contributed by atoms with Crippen LogP contribution in [0.15, 0.2) is 18.5 Å².